The Hall–Kier alpha value is -2.06. The third-order valence-corrected chi connectivity index (χ3v) is 3.70. The highest BCUT2D eigenvalue weighted by Gasteiger charge is 2.30. The van der Waals surface area contributed by atoms with Gasteiger partial charge in [0.15, 0.2) is 5.82 Å². The third kappa shape index (κ3) is 4.02. The van der Waals surface area contributed by atoms with Crippen LogP contribution in [0.2, 0.25) is 0 Å². The van der Waals surface area contributed by atoms with Crippen LogP contribution < -0.4 is 10.2 Å². The average Bonchev–Trinajstić information content (AvgIpc) is 3.16. The lowest BCUT2D eigenvalue weighted by Crippen LogP contribution is -2.26. The van der Waals surface area contributed by atoms with E-state index in [9.17, 15) is 0 Å². The van der Waals surface area contributed by atoms with Crippen LogP contribution in [-0.2, 0) is 11.3 Å². The molecule has 0 bridgehead atoms. The van der Waals surface area contributed by atoms with Gasteiger partial charge in [-0.05, 0) is 25.8 Å². The van der Waals surface area contributed by atoms with E-state index in [1.807, 2.05) is 32.0 Å². The Labute approximate surface area is 135 Å². The molecule has 1 aliphatic rings. The van der Waals surface area contributed by atoms with E-state index in [4.69, 9.17) is 9.26 Å². The summed E-state index contributed by atoms with van der Waals surface area (Å²) in [6.45, 7) is 3.27. The lowest BCUT2D eigenvalue weighted by Gasteiger charge is -2.13. The van der Waals surface area contributed by atoms with Crippen LogP contribution in [0.3, 0.4) is 0 Å². The molecule has 23 heavy (non-hydrogen) atoms. The molecule has 3 heterocycles. The number of nitrogens with one attached hydrogen (secondary N) is 1. The molecule has 2 atom stereocenters. The first kappa shape index (κ1) is 15.8. The molecule has 0 radical (unpaired) electrons. The standard InChI is InChI=1S/C15H22N6O2/c1-10-18-14(23-20-10)13-5-4-12(22-13)9-16-8-11-6-7-17-15(19-11)21(2)3/h6-7,12-13,16H,4-5,8-9H2,1-3H3/t12-,13+/m1/s1. The Morgan fingerprint density at radius 2 is 2.17 bits per heavy atom. The van der Waals surface area contributed by atoms with Crippen molar-refractivity contribution in [2.24, 2.45) is 0 Å². The molecule has 124 valence electrons. The number of ether oxygens (including phenoxy) is 1. The molecule has 1 N–H and O–H groups in total. The molecule has 0 saturated carbocycles. The zero-order valence-electron chi connectivity index (χ0n) is 13.7. The van der Waals surface area contributed by atoms with E-state index in [0.29, 0.717) is 24.2 Å². The summed E-state index contributed by atoms with van der Waals surface area (Å²) in [6, 6.07) is 1.92. The van der Waals surface area contributed by atoms with Gasteiger partial charge in [-0.25, -0.2) is 9.97 Å². The Balaban J connectivity index is 1.45. The van der Waals surface area contributed by atoms with Crippen LogP contribution in [0, 0.1) is 6.92 Å². The topological polar surface area (TPSA) is 89.2 Å². The Morgan fingerprint density at radius 1 is 1.30 bits per heavy atom. The summed E-state index contributed by atoms with van der Waals surface area (Å²) < 4.78 is 11.1. The van der Waals surface area contributed by atoms with Crippen LogP contribution in [0.15, 0.2) is 16.8 Å². The Bertz CT molecular complexity index is 644. The summed E-state index contributed by atoms with van der Waals surface area (Å²) in [5.41, 5.74) is 0.964. The van der Waals surface area contributed by atoms with Crippen LogP contribution in [0.4, 0.5) is 5.95 Å². The summed E-state index contributed by atoms with van der Waals surface area (Å²) in [7, 11) is 3.86. The van der Waals surface area contributed by atoms with Gasteiger partial charge in [-0.15, -0.1) is 0 Å². The van der Waals surface area contributed by atoms with Crippen molar-refractivity contribution in [3.05, 3.63) is 29.7 Å². The highest BCUT2D eigenvalue weighted by atomic mass is 16.5. The van der Waals surface area contributed by atoms with Crippen molar-refractivity contribution in [2.45, 2.75) is 38.5 Å². The smallest absolute Gasteiger partial charge is 0.255 e. The molecule has 8 heteroatoms. The molecular formula is C15H22N6O2. The molecule has 0 unspecified atom stereocenters. The minimum Gasteiger partial charge on any atom is -0.364 e. The fourth-order valence-corrected chi connectivity index (χ4v) is 2.54. The second-order valence-electron chi connectivity index (χ2n) is 5.88. The summed E-state index contributed by atoms with van der Waals surface area (Å²) >= 11 is 0. The molecule has 2 aromatic heterocycles. The van der Waals surface area contributed by atoms with Crippen molar-refractivity contribution < 1.29 is 9.26 Å². The molecule has 1 aliphatic heterocycles. The predicted octanol–water partition coefficient (Wildman–Crippen LogP) is 1.24. The molecule has 0 aromatic carbocycles. The summed E-state index contributed by atoms with van der Waals surface area (Å²) in [6.07, 6.45) is 3.74. The molecular weight excluding hydrogens is 296 g/mol. The minimum atomic E-state index is -0.0811. The second-order valence-corrected chi connectivity index (χ2v) is 5.88. The maximum absolute atomic E-state index is 5.96. The molecule has 8 nitrogen and oxygen atoms in total. The molecule has 0 aliphatic carbocycles. The van der Waals surface area contributed by atoms with Gasteiger partial charge in [0, 0.05) is 33.4 Å². The van der Waals surface area contributed by atoms with Crippen molar-refractivity contribution >= 4 is 5.95 Å². The number of hydrogen-bond donors (Lipinski definition) is 1. The van der Waals surface area contributed by atoms with Gasteiger partial charge in [0.1, 0.15) is 6.10 Å². The van der Waals surface area contributed by atoms with Gasteiger partial charge in [-0.1, -0.05) is 5.16 Å². The first-order chi connectivity index (χ1) is 11.1. The number of aryl methyl sites for hydroxylation is 1. The van der Waals surface area contributed by atoms with Crippen molar-refractivity contribution in [3.8, 4) is 0 Å². The molecule has 2 aromatic rings. The number of hydrogen-bond acceptors (Lipinski definition) is 8. The molecule has 0 amide bonds. The molecule has 1 saturated heterocycles. The highest BCUT2D eigenvalue weighted by molar-refractivity contribution is 5.26. The minimum absolute atomic E-state index is 0.0811. The zero-order valence-corrected chi connectivity index (χ0v) is 13.7. The van der Waals surface area contributed by atoms with E-state index < -0.39 is 0 Å². The summed E-state index contributed by atoms with van der Waals surface area (Å²) in [5, 5.41) is 7.20. The van der Waals surface area contributed by atoms with Crippen LogP contribution in [0.5, 0.6) is 0 Å². The van der Waals surface area contributed by atoms with Crippen molar-refractivity contribution in [3.63, 3.8) is 0 Å². The molecule has 0 spiro atoms. The van der Waals surface area contributed by atoms with Gasteiger partial charge >= 0.3 is 0 Å². The maximum Gasteiger partial charge on any atom is 0.255 e. The highest BCUT2D eigenvalue weighted by Crippen LogP contribution is 2.31. The number of aromatic nitrogens is 4. The first-order valence-electron chi connectivity index (χ1n) is 7.77. The van der Waals surface area contributed by atoms with E-state index in [-0.39, 0.29) is 12.2 Å². The fourth-order valence-electron chi connectivity index (χ4n) is 2.54. The van der Waals surface area contributed by atoms with Gasteiger partial charge in [-0.3, -0.25) is 0 Å². The average molecular weight is 318 g/mol. The first-order valence-corrected chi connectivity index (χ1v) is 7.77. The zero-order chi connectivity index (χ0) is 16.2. The van der Waals surface area contributed by atoms with Crippen LogP contribution in [-0.4, -0.2) is 46.9 Å². The number of anilines is 1. The monoisotopic (exact) mass is 318 g/mol. The Morgan fingerprint density at radius 3 is 2.91 bits per heavy atom. The van der Waals surface area contributed by atoms with Gasteiger partial charge in [-0.2, -0.15) is 4.98 Å². The lowest BCUT2D eigenvalue weighted by atomic mass is 10.2. The second kappa shape index (κ2) is 7.01. The largest absolute Gasteiger partial charge is 0.364 e. The maximum atomic E-state index is 5.96. The number of rotatable bonds is 6. The van der Waals surface area contributed by atoms with Crippen LogP contribution in [0.1, 0.15) is 36.4 Å². The van der Waals surface area contributed by atoms with E-state index in [1.54, 1.807) is 6.20 Å². The van der Waals surface area contributed by atoms with Gasteiger partial charge in [0.05, 0.1) is 11.8 Å². The van der Waals surface area contributed by atoms with Gasteiger partial charge in [0.2, 0.25) is 5.95 Å². The van der Waals surface area contributed by atoms with Gasteiger partial charge < -0.3 is 19.5 Å². The Kier molecular flexibility index (Phi) is 4.82. The van der Waals surface area contributed by atoms with Crippen molar-refractivity contribution in [1.29, 1.82) is 0 Å². The van der Waals surface area contributed by atoms with Crippen LogP contribution >= 0.6 is 0 Å². The number of nitrogens with zero attached hydrogens (tertiary/aromatic N) is 5. The van der Waals surface area contributed by atoms with Crippen LogP contribution in [0.25, 0.3) is 0 Å². The van der Waals surface area contributed by atoms with E-state index in [2.05, 4.69) is 25.4 Å². The van der Waals surface area contributed by atoms with Crippen molar-refractivity contribution in [1.82, 2.24) is 25.4 Å². The predicted molar refractivity (Wildman–Crippen MR) is 83.9 cm³/mol. The molecule has 1 fully saturated rings. The lowest BCUT2D eigenvalue weighted by molar-refractivity contribution is 0.0264. The van der Waals surface area contributed by atoms with E-state index >= 15 is 0 Å². The fraction of sp³-hybridized carbons (Fsp3) is 0.600. The molecule has 3 rings (SSSR count). The van der Waals surface area contributed by atoms with Gasteiger partial charge in [0.25, 0.3) is 5.89 Å². The summed E-state index contributed by atoms with van der Waals surface area (Å²) in [4.78, 5) is 14.8. The van der Waals surface area contributed by atoms with E-state index in [1.165, 1.54) is 0 Å². The van der Waals surface area contributed by atoms with E-state index in [0.717, 1.165) is 25.1 Å². The third-order valence-electron chi connectivity index (χ3n) is 3.70. The quantitative estimate of drug-likeness (QED) is 0.851. The summed E-state index contributed by atoms with van der Waals surface area (Å²) in [5.74, 6) is 1.94. The normalized spacial score (nSPS) is 20.8. The van der Waals surface area contributed by atoms with Crippen molar-refractivity contribution in [2.75, 3.05) is 25.5 Å². The SMILES string of the molecule is Cc1noc([C@@H]2CC[C@H](CNCc3ccnc(N(C)C)n3)O2)n1.